The lowest BCUT2D eigenvalue weighted by atomic mass is 10.00. The molecule has 0 fully saturated rings. The smallest absolute Gasteiger partial charge is 0.143 e. The summed E-state index contributed by atoms with van der Waals surface area (Å²) in [6, 6.07) is 18.0. The Morgan fingerprint density at radius 3 is 2.28 bits per heavy atom. The van der Waals surface area contributed by atoms with Gasteiger partial charge in [-0.15, -0.1) is 0 Å². The summed E-state index contributed by atoms with van der Waals surface area (Å²) >= 11 is 5.74. The minimum atomic E-state index is -0.437. The predicted octanol–water partition coefficient (Wildman–Crippen LogP) is 7.57. The lowest BCUT2D eigenvalue weighted by Crippen LogP contribution is -1.89. The zero-order valence-corrected chi connectivity index (χ0v) is 17.5. The van der Waals surface area contributed by atoms with E-state index in [0.717, 1.165) is 18.4 Å². The van der Waals surface area contributed by atoms with Crippen LogP contribution in [0, 0.1) is 17.7 Å². The van der Waals surface area contributed by atoms with Crippen molar-refractivity contribution in [2.75, 3.05) is 0 Å². The first-order valence-electron chi connectivity index (χ1n) is 10.4. The molecule has 3 aromatic carbocycles. The summed E-state index contributed by atoms with van der Waals surface area (Å²) < 4.78 is 13.6. The first-order valence-corrected chi connectivity index (χ1v) is 10.7. The number of unbranched alkanes of at least 4 members (excludes halogenated alkanes) is 3. The molecule has 1 aliphatic carbocycles. The van der Waals surface area contributed by atoms with Crippen LogP contribution in [0.15, 0.2) is 54.6 Å². The Bertz CT molecular complexity index is 1100. The molecule has 0 aromatic heterocycles. The highest BCUT2D eigenvalue weighted by atomic mass is 35.5. The maximum absolute atomic E-state index is 13.6. The molecular formula is C27H24ClF. The van der Waals surface area contributed by atoms with E-state index in [0.29, 0.717) is 5.56 Å². The number of halogens is 2. The summed E-state index contributed by atoms with van der Waals surface area (Å²) in [6.07, 6.45) is 7.30. The topological polar surface area (TPSA) is 0 Å². The average Bonchev–Trinajstić information content (AvgIpc) is 3.09. The van der Waals surface area contributed by atoms with E-state index in [9.17, 15) is 4.39 Å². The van der Waals surface area contributed by atoms with Gasteiger partial charge in [0.05, 0.1) is 5.02 Å². The molecule has 0 heterocycles. The van der Waals surface area contributed by atoms with Crippen LogP contribution < -0.4 is 0 Å². The Morgan fingerprint density at radius 1 is 0.828 bits per heavy atom. The third-order valence-electron chi connectivity index (χ3n) is 5.54. The van der Waals surface area contributed by atoms with Crippen molar-refractivity contribution in [1.29, 1.82) is 0 Å². The van der Waals surface area contributed by atoms with Gasteiger partial charge >= 0.3 is 0 Å². The van der Waals surface area contributed by atoms with Crippen LogP contribution in [-0.4, -0.2) is 0 Å². The molecule has 0 N–H and O–H groups in total. The zero-order valence-electron chi connectivity index (χ0n) is 16.7. The molecular weight excluding hydrogens is 379 g/mol. The molecule has 0 aliphatic heterocycles. The molecule has 2 heteroatoms. The van der Waals surface area contributed by atoms with Gasteiger partial charge < -0.3 is 0 Å². The van der Waals surface area contributed by atoms with Gasteiger partial charge in [-0.1, -0.05) is 73.9 Å². The molecule has 0 saturated carbocycles. The zero-order chi connectivity index (χ0) is 20.2. The highest BCUT2D eigenvalue weighted by Crippen LogP contribution is 2.37. The Morgan fingerprint density at radius 2 is 1.52 bits per heavy atom. The predicted molar refractivity (Wildman–Crippen MR) is 120 cm³/mol. The van der Waals surface area contributed by atoms with Gasteiger partial charge in [0.1, 0.15) is 5.82 Å². The standard InChI is InChI=1S/C27H24ClF/c1-2-3-4-5-6-19-9-12-24-22(15-19)18-23-16-20(10-13-25(23)24)7-8-21-11-14-26(28)27(29)17-21/h9-17H,2-6,18H2,1H3. The van der Waals surface area contributed by atoms with Gasteiger partial charge in [-0.05, 0) is 77.4 Å². The molecule has 0 nitrogen and oxygen atoms in total. The van der Waals surface area contributed by atoms with Crippen molar-refractivity contribution in [2.45, 2.75) is 45.4 Å². The Balaban J connectivity index is 1.50. The van der Waals surface area contributed by atoms with Crippen molar-refractivity contribution in [2.24, 2.45) is 0 Å². The summed E-state index contributed by atoms with van der Waals surface area (Å²) in [6.45, 7) is 2.25. The quantitative estimate of drug-likeness (QED) is 0.238. The number of rotatable bonds is 5. The molecule has 1 aliphatic rings. The van der Waals surface area contributed by atoms with Crippen molar-refractivity contribution in [3.8, 4) is 23.0 Å². The third kappa shape index (κ3) is 4.55. The average molecular weight is 403 g/mol. The fourth-order valence-electron chi connectivity index (χ4n) is 3.97. The molecule has 0 amide bonds. The van der Waals surface area contributed by atoms with E-state index in [1.807, 2.05) is 6.07 Å². The highest BCUT2D eigenvalue weighted by molar-refractivity contribution is 6.30. The van der Waals surface area contributed by atoms with Gasteiger partial charge in [0, 0.05) is 11.1 Å². The normalized spacial score (nSPS) is 11.6. The van der Waals surface area contributed by atoms with Crippen LogP contribution in [-0.2, 0) is 12.8 Å². The fraction of sp³-hybridized carbons (Fsp3) is 0.259. The minimum absolute atomic E-state index is 0.121. The maximum Gasteiger partial charge on any atom is 0.143 e. The second kappa shape index (κ2) is 8.85. The number of hydrogen-bond acceptors (Lipinski definition) is 0. The molecule has 0 radical (unpaired) electrons. The van der Waals surface area contributed by atoms with Crippen molar-refractivity contribution < 1.29 is 4.39 Å². The molecule has 146 valence electrons. The van der Waals surface area contributed by atoms with Gasteiger partial charge in [0.2, 0.25) is 0 Å². The van der Waals surface area contributed by atoms with Gasteiger partial charge in [-0.25, -0.2) is 4.39 Å². The highest BCUT2D eigenvalue weighted by Gasteiger charge is 2.18. The van der Waals surface area contributed by atoms with E-state index < -0.39 is 5.82 Å². The van der Waals surface area contributed by atoms with Crippen molar-refractivity contribution in [3.63, 3.8) is 0 Å². The van der Waals surface area contributed by atoms with Crippen LogP contribution in [0.1, 0.15) is 60.4 Å². The van der Waals surface area contributed by atoms with Gasteiger partial charge in [-0.3, -0.25) is 0 Å². The van der Waals surface area contributed by atoms with E-state index in [4.69, 9.17) is 11.6 Å². The van der Waals surface area contributed by atoms with Crippen molar-refractivity contribution >= 4 is 11.6 Å². The van der Waals surface area contributed by atoms with Crippen LogP contribution in [0.4, 0.5) is 4.39 Å². The summed E-state index contributed by atoms with van der Waals surface area (Å²) in [5.74, 6) is 5.75. The molecule has 3 aromatic rings. The van der Waals surface area contributed by atoms with Crippen LogP contribution in [0.25, 0.3) is 11.1 Å². The Kier molecular flexibility index (Phi) is 6.02. The summed E-state index contributed by atoms with van der Waals surface area (Å²) in [7, 11) is 0. The molecule has 29 heavy (non-hydrogen) atoms. The Hall–Kier alpha value is -2.56. The second-order valence-corrected chi connectivity index (χ2v) is 8.14. The van der Waals surface area contributed by atoms with E-state index in [-0.39, 0.29) is 5.02 Å². The molecule has 4 rings (SSSR count). The number of hydrogen-bond donors (Lipinski definition) is 0. The number of fused-ring (bicyclic) bond motifs is 3. The van der Waals surface area contributed by atoms with Crippen LogP contribution in [0.3, 0.4) is 0 Å². The number of benzene rings is 3. The van der Waals surface area contributed by atoms with Crippen LogP contribution >= 0.6 is 11.6 Å². The van der Waals surface area contributed by atoms with Crippen LogP contribution in [0.2, 0.25) is 5.02 Å². The lowest BCUT2D eigenvalue weighted by molar-refractivity contribution is 0.628. The van der Waals surface area contributed by atoms with E-state index in [1.54, 1.807) is 12.1 Å². The van der Waals surface area contributed by atoms with Gasteiger partial charge in [0.25, 0.3) is 0 Å². The molecule has 0 bridgehead atoms. The third-order valence-corrected chi connectivity index (χ3v) is 5.84. The molecule has 0 atom stereocenters. The second-order valence-electron chi connectivity index (χ2n) is 7.73. The minimum Gasteiger partial charge on any atom is -0.205 e. The first kappa shape index (κ1) is 19.7. The lowest BCUT2D eigenvalue weighted by Gasteiger charge is -2.05. The van der Waals surface area contributed by atoms with E-state index in [2.05, 4.69) is 49.1 Å². The SMILES string of the molecule is CCCCCCc1ccc2c(c1)Cc1cc(C#Cc3ccc(Cl)c(F)c3)ccc1-2. The van der Waals surface area contributed by atoms with Gasteiger partial charge in [0.15, 0.2) is 0 Å². The Labute approximate surface area is 177 Å². The summed E-state index contributed by atoms with van der Waals surface area (Å²) in [4.78, 5) is 0. The number of aryl methyl sites for hydroxylation is 1. The molecule has 0 saturated heterocycles. The van der Waals surface area contributed by atoms with E-state index >= 15 is 0 Å². The largest absolute Gasteiger partial charge is 0.205 e. The summed E-state index contributed by atoms with van der Waals surface area (Å²) in [5.41, 5.74) is 8.40. The molecule has 0 unspecified atom stereocenters. The first-order chi connectivity index (χ1) is 14.1. The monoisotopic (exact) mass is 402 g/mol. The van der Waals surface area contributed by atoms with Crippen LogP contribution in [0.5, 0.6) is 0 Å². The molecule has 0 spiro atoms. The fourth-order valence-corrected chi connectivity index (χ4v) is 4.09. The van der Waals surface area contributed by atoms with E-state index in [1.165, 1.54) is 59.6 Å². The van der Waals surface area contributed by atoms with Crippen molar-refractivity contribution in [1.82, 2.24) is 0 Å². The summed E-state index contributed by atoms with van der Waals surface area (Å²) in [5, 5.41) is 0.121. The van der Waals surface area contributed by atoms with Gasteiger partial charge in [-0.2, -0.15) is 0 Å². The maximum atomic E-state index is 13.6. The van der Waals surface area contributed by atoms with Crippen molar-refractivity contribution in [3.05, 3.63) is 93.3 Å².